The molecule has 0 bridgehead atoms. The summed E-state index contributed by atoms with van der Waals surface area (Å²) in [6.45, 7) is 0. The Morgan fingerprint density at radius 2 is 1.91 bits per heavy atom. The van der Waals surface area contributed by atoms with E-state index in [1.165, 1.54) is 19.2 Å². The number of carbonyl (C=O) groups excluding carboxylic acids is 2. The molecule has 1 aliphatic rings. The number of carbonyl (C=O) groups is 3. The molecule has 0 atom stereocenters. The number of benzene rings is 2. The Hall–Kier alpha value is -3.82. The van der Waals surface area contributed by atoms with E-state index in [9.17, 15) is 14.4 Å². The number of nitrogens with zero attached hydrogens (tertiary/aromatic N) is 1. The van der Waals surface area contributed by atoms with Crippen molar-refractivity contribution in [2.24, 2.45) is 4.99 Å². The third-order valence-corrected chi connectivity index (χ3v) is 5.78. The van der Waals surface area contributed by atoms with Crippen LogP contribution < -0.4 is 5.32 Å². The maximum atomic E-state index is 12.3. The fourth-order valence-electron chi connectivity index (χ4n) is 2.94. The molecule has 4 rings (SSSR count). The molecular formula is C23H15ClN2O6S. The minimum Gasteiger partial charge on any atom is -0.478 e. The lowest BCUT2D eigenvalue weighted by Gasteiger charge is -2.01. The zero-order valence-corrected chi connectivity index (χ0v) is 18.6. The molecule has 10 heteroatoms. The van der Waals surface area contributed by atoms with Crippen molar-refractivity contribution in [3.8, 4) is 11.3 Å². The number of methoxy groups -OCH3 is 1. The monoisotopic (exact) mass is 482 g/mol. The van der Waals surface area contributed by atoms with Gasteiger partial charge < -0.3 is 19.6 Å². The van der Waals surface area contributed by atoms with Crippen LogP contribution in [-0.2, 0) is 9.53 Å². The standard InChI is InChI=1S/C23H15ClN2O6S/c1-31-22(30)12-2-5-14(6-3-12)25-23-26-20(27)19(33-23)11-15-7-9-18(32-15)13-4-8-16(21(28)29)17(24)10-13/h2-11H,1H3,(H,28,29)(H,25,26,27)/b19-11-. The van der Waals surface area contributed by atoms with E-state index >= 15 is 0 Å². The Morgan fingerprint density at radius 1 is 1.15 bits per heavy atom. The number of hydrogen-bond acceptors (Lipinski definition) is 7. The van der Waals surface area contributed by atoms with Crippen molar-refractivity contribution in [3.05, 3.63) is 81.4 Å². The fourth-order valence-corrected chi connectivity index (χ4v) is 4.03. The Labute approximate surface area is 196 Å². The van der Waals surface area contributed by atoms with Crippen LogP contribution in [-0.4, -0.2) is 35.2 Å². The molecule has 1 saturated heterocycles. The third-order valence-electron chi connectivity index (χ3n) is 4.55. The van der Waals surface area contributed by atoms with Crippen molar-refractivity contribution in [2.75, 3.05) is 7.11 Å². The number of carboxylic acids is 1. The summed E-state index contributed by atoms with van der Waals surface area (Å²) in [4.78, 5) is 39.7. The van der Waals surface area contributed by atoms with Crippen LogP contribution >= 0.6 is 23.4 Å². The average molecular weight is 483 g/mol. The van der Waals surface area contributed by atoms with Gasteiger partial charge in [-0.15, -0.1) is 0 Å². The lowest BCUT2D eigenvalue weighted by molar-refractivity contribution is -0.115. The molecule has 1 amide bonds. The zero-order valence-electron chi connectivity index (χ0n) is 17.0. The first-order valence-electron chi connectivity index (χ1n) is 9.45. The fraction of sp³-hybridized carbons (Fsp3) is 0.0435. The number of ether oxygens (including phenoxy) is 1. The van der Waals surface area contributed by atoms with E-state index in [2.05, 4.69) is 15.0 Å². The van der Waals surface area contributed by atoms with Gasteiger partial charge in [0.2, 0.25) is 0 Å². The quantitative estimate of drug-likeness (QED) is 0.389. The van der Waals surface area contributed by atoms with E-state index in [-0.39, 0.29) is 16.5 Å². The van der Waals surface area contributed by atoms with Gasteiger partial charge in [0.1, 0.15) is 11.5 Å². The molecule has 2 aromatic carbocycles. The molecule has 1 fully saturated rings. The topological polar surface area (TPSA) is 118 Å². The molecule has 0 radical (unpaired) electrons. The van der Waals surface area contributed by atoms with Crippen LogP contribution in [0, 0.1) is 0 Å². The van der Waals surface area contributed by atoms with Crippen LogP contribution in [0.15, 0.2) is 68.9 Å². The Kier molecular flexibility index (Phi) is 6.34. The van der Waals surface area contributed by atoms with Crippen LogP contribution in [0.4, 0.5) is 5.69 Å². The largest absolute Gasteiger partial charge is 0.478 e. The first-order valence-corrected chi connectivity index (χ1v) is 10.6. The molecule has 0 aliphatic carbocycles. The maximum Gasteiger partial charge on any atom is 0.337 e. The first kappa shape index (κ1) is 22.4. The first-order chi connectivity index (χ1) is 15.8. The summed E-state index contributed by atoms with van der Waals surface area (Å²) in [5.41, 5.74) is 1.57. The molecule has 2 heterocycles. The number of rotatable bonds is 5. The maximum absolute atomic E-state index is 12.3. The summed E-state index contributed by atoms with van der Waals surface area (Å²) in [5.74, 6) is -0.969. The Bertz CT molecular complexity index is 1330. The van der Waals surface area contributed by atoms with Gasteiger partial charge in [0.15, 0.2) is 5.17 Å². The summed E-state index contributed by atoms with van der Waals surface area (Å²) < 4.78 is 10.4. The lowest BCUT2D eigenvalue weighted by atomic mass is 10.1. The highest BCUT2D eigenvalue weighted by molar-refractivity contribution is 8.18. The number of carboxylic acid groups (broad SMARTS) is 1. The number of halogens is 1. The number of thioether (sulfide) groups is 1. The van der Waals surface area contributed by atoms with Crippen LogP contribution in [0.25, 0.3) is 17.4 Å². The van der Waals surface area contributed by atoms with E-state index in [1.54, 1.807) is 48.5 Å². The van der Waals surface area contributed by atoms with E-state index in [0.717, 1.165) is 11.8 Å². The Balaban J connectivity index is 1.50. The summed E-state index contributed by atoms with van der Waals surface area (Å²) in [5, 5.41) is 12.3. The van der Waals surface area contributed by atoms with Crippen LogP contribution in [0.3, 0.4) is 0 Å². The highest BCUT2D eigenvalue weighted by Crippen LogP contribution is 2.31. The number of furan rings is 1. The number of aliphatic imine (C=N–C) groups is 1. The molecule has 3 aromatic rings. The highest BCUT2D eigenvalue weighted by atomic mass is 35.5. The van der Waals surface area contributed by atoms with E-state index in [1.807, 2.05) is 0 Å². The van der Waals surface area contributed by atoms with E-state index in [0.29, 0.717) is 38.4 Å². The summed E-state index contributed by atoms with van der Waals surface area (Å²) in [7, 11) is 1.31. The second-order valence-corrected chi connectivity index (χ2v) is 8.16. The number of aromatic carboxylic acids is 1. The average Bonchev–Trinajstić information content (AvgIpc) is 3.40. The molecule has 1 aromatic heterocycles. The van der Waals surface area contributed by atoms with Gasteiger partial charge >= 0.3 is 11.9 Å². The van der Waals surface area contributed by atoms with Gasteiger partial charge in [0.05, 0.1) is 33.9 Å². The molecule has 2 N–H and O–H groups in total. The van der Waals surface area contributed by atoms with E-state index < -0.39 is 11.9 Å². The summed E-state index contributed by atoms with van der Waals surface area (Å²) in [6.07, 6.45) is 1.58. The molecule has 1 aliphatic heterocycles. The molecular weight excluding hydrogens is 468 g/mol. The van der Waals surface area contributed by atoms with Gasteiger partial charge in [-0.3, -0.25) is 4.79 Å². The SMILES string of the molecule is COC(=O)c1ccc(N=C2NC(=O)/C(=C/c3ccc(-c4ccc(C(=O)O)c(Cl)c4)o3)S2)cc1. The normalized spacial score (nSPS) is 15.6. The van der Waals surface area contributed by atoms with Crippen molar-refractivity contribution < 1.29 is 28.6 Å². The molecule has 0 spiro atoms. The van der Waals surface area contributed by atoms with Gasteiger partial charge in [0.25, 0.3) is 5.91 Å². The molecule has 33 heavy (non-hydrogen) atoms. The van der Waals surface area contributed by atoms with Gasteiger partial charge in [-0.05, 0) is 60.3 Å². The summed E-state index contributed by atoms with van der Waals surface area (Å²) >= 11 is 7.17. The van der Waals surface area contributed by atoms with Crippen molar-refractivity contribution in [1.29, 1.82) is 0 Å². The number of amidine groups is 1. The predicted molar refractivity (Wildman–Crippen MR) is 125 cm³/mol. The molecule has 8 nitrogen and oxygen atoms in total. The zero-order chi connectivity index (χ0) is 23.5. The van der Waals surface area contributed by atoms with Gasteiger partial charge in [0, 0.05) is 11.6 Å². The van der Waals surface area contributed by atoms with Crippen LogP contribution in [0.1, 0.15) is 26.5 Å². The minimum atomic E-state index is -1.11. The van der Waals surface area contributed by atoms with Crippen molar-refractivity contribution in [3.63, 3.8) is 0 Å². The number of nitrogens with one attached hydrogen (secondary N) is 1. The lowest BCUT2D eigenvalue weighted by Crippen LogP contribution is -2.19. The van der Waals surface area contributed by atoms with Crippen molar-refractivity contribution >= 4 is 58.1 Å². The van der Waals surface area contributed by atoms with Gasteiger partial charge in [-0.25, -0.2) is 14.6 Å². The molecule has 166 valence electrons. The van der Waals surface area contributed by atoms with Crippen molar-refractivity contribution in [2.45, 2.75) is 0 Å². The van der Waals surface area contributed by atoms with E-state index in [4.69, 9.17) is 21.1 Å². The smallest absolute Gasteiger partial charge is 0.337 e. The Morgan fingerprint density at radius 3 is 2.58 bits per heavy atom. The second-order valence-electron chi connectivity index (χ2n) is 6.72. The van der Waals surface area contributed by atoms with Crippen molar-refractivity contribution in [1.82, 2.24) is 5.32 Å². The summed E-state index contributed by atoms with van der Waals surface area (Å²) in [6, 6.07) is 14.4. The third kappa shape index (κ3) is 5.00. The van der Waals surface area contributed by atoms with Gasteiger partial charge in [-0.2, -0.15) is 0 Å². The molecule has 0 saturated carbocycles. The predicted octanol–water partition coefficient (Wildman–Crippen LogP) is 4.98. The van der Waals surface area contributed by atoms with Crippen LogP contribution in [0.5, 0.6) is 0 Å². The number of hydrogen-bond donors (Lipinski definition) is 2. The minimum absolute atomic E-state index is 0.0000869. The van der Waals surface area contributed by atoms with Gasteiger partial charge in [-0.1, -0.05) is 17.7 Å². The highest BCUT2D eigenvalue weighted by Gasteiger charge is 2.24. The van der Waals surface area contributed by atoms with Crippen LogP contribution in [0.2, 0.25) is 5.02 Å². The molecule has 0 unspecified atom stereocenters. The second kappa shape index (κ2) is 9.35. The number of amides is 1. The number of esters is 1.